The summed E-state index contributed by atoms with van der Waals surface area (Å²) in [6.07, 6.45) is 0. The Morgan fingerprint density at radius 1 is 1.20 bits per heavy atom. The number of carbonyl (C=O) groups excluding carboxylic acids is 1. The highest BCUT2D eigenvalue weighted by atomic mass is 79.9. The van der Waals surface area contributed by atoms with E-state index in [-0.39, 0.29) is 5.56 Å². The van der Waals surface area contributed by atoms with E-state index in [2.05, 4.69) is 21.2 Å². The van der Waals surface area contributed by atoms with Crippen molar-refractivity contribution in [3.63, 3.8) is 0 Å². The molecule has 0 aliphatic carbocycles. The van der Waals surface area contributed by atoms with Gasteiger partial charge >= 0.3 is 0 Å². The first-order chi connectivity index (χ1) is 9.47. The summed E-state index contributed by atoms with van der Waals surface area (Å²) in [5, 5.41) is 13.0. The lowest BCUT2D eigenvalue weighted by Crippen LogP contribution is -2.13. The van der Waals surface area contributed by atoms with Crippen LogP contribution >= 0.6 is 15.9 Å². The smallest absolute Gasteiger partial charge is 0.272 e. The predicted molar refractivity (Wildman–Crippen MR) is 75.1 cm³/mol. The third kappa shape index (κ3) is 3.18. The second kappa shape index (κ2) is 5.79. The van der Waals surface area contributed by atoms with Gasteiger partial charge in [0.15, 0.2) is 0 Å². The number of carbonyl (C=O) groups is 1. The lowest BCUT2D eigenvalue weighted by atomic mass is 10.1. The van der Waals surface area contributed by atoms with Crippen molar-refractivity contribution in [1.29, 1.82) is 0 Å². The van der Waals surface area contributed by atoms with E-state index >= 15 is 0 Å². The normalized spacial score (nSPS) is 10.1. The SMILES string of the molecule is O=C(Nc1ccc(Br)cc1)c1ccc([N+](=O)[O-])cc1F. The quantitative estimate of drug-likeness (QED) is 0.684. The van der Waals surface area contributed by atoms with Gasteiger partial charge in [-0.3, -0.25) is 14.9 Å². The summed E-state index contributed by atoms with van der Waals surface area (Å²) in [6.45, 7) is 0. The Kier molecular flexibility index (Phi) is 4.09. The average Bonchev–Trinajstić information content (AvgIpc) is 2.41. The highest BCUT2D eigenvalue weighted by Crippen LogP contribution is 2.19. The standard InChI is InChI=1S/C13H8BrFN2O3/c14-8-1-3-9(4-2-8)16-13(18)11-6-5-10(17(19)20)7-12(11)15/h1-7H,(H,16,18). The van der Waals surface area contributed by atoms with Gasteiger partial charge in [0.05, 0.1) is 16.6 Å². The van der Waals surface area contributed by atoms with E-state index in [1.807, 2.05) is 0 Å². The van der Waals surface area contributed by atoms with Crippen molar-refractivity contribution in [3.8, 4) is 0 Å². The third-order valence-electron chi connectivity index (χ3n) is 2.51. The Labute approximate surface area is 121 Å². The predicted octanol–water partition coefficient (Wildman–Crippen LogP) is 3.75. The molecular weight excluding hydrogens is 331 g/mol. The molecule has 0 bridgehead atoms. The molecule has 1 amide bonds. The molecule has 0 radical (unpaired) electrons. The monoisotopic (exact) mass is 338 g/mol. The Balaban J connectivity index is 2.21. The number of hydrogen-bond donors (Lipinski definition) is 1. The molecule has 2 aromatic rings. The van der Waals surface area contributed by atoms with Crippen molar-refractivity contribution in [2.24, 2.45) is 0 Å². The second-order valence-electron chi connectivity index (χ2n) is 3.88. The number of rotatable bonds is 3. The van der Waals surface area contributed by atoms with E-state index in [1.54, 1.807) is 24.3 Å². The molecule has 0 saturated heterocycles. The van der Waals surface area contributed by atoms with Gasteiger partial charge in [-0.1, -0.05) is 15.9 Å². The molecule has 0 aromatic heterocycles. The van der Waals surface area contributed by atoms with Crippen molar-refractivity contribution < 1.29 is 14.1 Å². The second-order valence-corrected chi connectivity index (χ2v) is 4.80. The minimum absolute atomic E-state index is 0.251. The first-order valence-electron chi connectivity index (χ1n) is 5.48. The zero-order valence-corrected chi connectivity index (χ0v) is 11.6. The van der Waals surface area contributed by atoms with E-state index in [0.29, 0.717) is 5.69 Å². The largest absolute Gasteiger partial charge is 0.322 e. The maximum absolute atomic E-state index is 13.7. The van der Waals surface area contributed by atoms with E-state index in [1.165, 1.54) is 0 Å². The van der Waals surface area contributed by atoms with Gasteiger partial charge in [0.1, 0.15) is 5.82 Å². The van der Waals surface area contributed by atoms with Gasteiger partial charge in [0, 0.05) is 16.2 Å². The molecule has 0 atom stereocenters. The van der Waals surface area contributed by atoms with Crippen LogP contribution in [-0.2, 0) is 0 Å². The zero-order chi connectivity index (χ0) is 14.7. The van der Waals surface area contributed by atoms with Crippen molar-refractivity contribution in [2.75, 3.05) is 5.32 Å². The van der Waals surface area contributed by atoms with E-state index in [0.717, 1.165) is 22.7 Å². The molecule has 0 fully saturated rings. The first-order valence-corrected chi connectivity index (χ1v) is 6.27. The Morgan fingerprint density at radius 3 is 2.40 bits per heavy atom. The van der Waals surface area contributed by atoms with Crippen molar-refractivity contribution >= 4 is 33.2 Å². The zero-order valence-electron chi connectivity index (χ0n) is 9.97. The number of halogens is 2. The fourth-order valence-electron chi connectivity index (χ4n) is 1.53. The van der Waals surface area contributed by atoms with Crippen molar-refractivity contribution in [1.82, 2.24) is 0 Å². The van der Waals surface area contributed by atoms with Crippen LogP contribution in [0.4, 0.5) is 15.8 Å². The van der Waals surface area contributed by atoms with Gasteiger partial charge in [-0.15, -0.1) is 0 Å². The first kappa shape index (κ1) is 14.1. The van der Waals surface area contributed by atoms with Gasteiger partial charge in [-0.25, -0.2) is 4.39 Å². The molecule has 2 rings (SSSR count). The molecule has 7 heteroatoms. The van der Waals surface area contributed by atoms with Gasteiger partial charge < -0.3 is 5.32 Å². The van der Waals surface area contributed by atoms with E-state index in [9.17, 15) is 19.3 Å². The summed E-state index contributed by atoms with van der Waals surface area (Å²) in [5.41, 5.74) is -0.155. The molecule has 0 unspecified atom stereocenters. The number of amides is 1. The molecule has 0 spiro atoms. The van der Waals surface area contributed by atoms with Crippen LogP contribution in [0, 0.1) is 15.9 Å². The highest BCUT2D eigenvalue weighted by molar-refractivity contribution is 9.10. The van der Waals surface area contributed by atoms with Crippen molar-refractivity contribution in [3.05, 3.63) is 68.4 Å². The number of hydrogen-bond acceptors (Lipinski definition) is 3. The number of nitro groups is 1. The van der Waals surface area contributed by atoms with Crippen LogP contribution in [0.5, 0.6) is 0 Å². The molecule has 20 heavy (non-hydrogen) atoms. The van der Waals surface area contributed by atoms with Gasteiger partial charge in [-0.05, 0) is 30.3 Å². The molecule has 5 nitrogen and oxygen atoms in total. The number of nitro benzene ring substituents is 1. The lowest BCUT2D eigenvalue weighted by Gasteiger charge is -2.06. The maximum Gasteiger partial charge on any atom is 0.272 e. The number of nitrogens with one attached hydrogen (secondary N) is 1. The van der Waals surface area contributed by atoms with Crippen LogP contribution in [0.1, 0.15) is 10.4 Å². The van der Waals surface area contributed by atoms with Crippen LogP contribution in [0.25, 0.3) is 0 Å². The van der Waals surface area contributed by atoms with E-state index < -0.39 is 22.3 Å². The van der Waals surface area contributed by atoms with Crippen LogP contribution in [0.2, 0.25) is 0 Å². The fourth-order valence-corrected chi connectivity index (χ4v) is 1.80. The number of nitrogens with zero attached hydrogens (tertiary/aromatic N) is 1. The number of anilines is 1. The summed E-state index contributed by atoms with van der Waals surface area (Å²) in [6, 6.07) is 9.62. The van der Waals surface area contributed by atoms with Gasteiger partial charge in [0.2, 0.25) is 0 Å². The molecule has 0 aliphatic rings. The molecule has 0 saturated carbocycles. The van der Waals surface area contributed by atoms with Crippen LogP contribution < -0.4 is 5.32 Å². The van der Waals surface area contributed by atoms with Gasteiger partial charge in [0.25, 0.3) is 11.6 Å². The van der Waals surface area contributed by atoms with Crippen LogP contribution in [-0.4, -0.2) is 10.8 Å². The van der Waals surface area contributed by atoms with Crippen LogP contribution in [0.15, 0.2) is 46.9 Å². The maximum atomic E-state index is 13.7. The number of benzene rings is 2. The summed E-state index contributed by atoms with van der Waals surface area (Å²) in [7, 11) is 0. The molecule has 2 aromatic carbocycles. The third-order valence-corrected chi connectivity index (χ3v) is 3.04. The molecule has 1 N–H and O–H groups in total. The summed E-state index contributed by atoms with van der Waals surface area (Å²) < 4.78 is 14.5. The highest BCUT2D eigenvalue weighted by Gasteiger charge is 2.16. The summed E-state index contributed by atoms with van der Waals surface area (Å²) in [5.74, 6) is -1.60. The average molecular weight is 339 g/mol. The Bertz CT molecular complexity index is 674. The molecule has 102 valence electrons. The Hall–Kier alpha value is -2.28. The molecule has 0 aliphatic heterocycles. The topological polar surface area (TPSA) is 72.2 Å². The van der Waals surface area contributed by atoms with Crippen LogP contribution in [0.3, 0.4) is 0 Å². The van der Waals surface area contributed by atoms with Crippen molar-refractivity contribution in [2.45, 2.75) is 0 Å². The summed E-state index contributed by atoms with van der Waals surface area (Å²) >= 11 is 3.25. The van der Waals surface area contributed by atoms with Gasteiger partial charge in [-0.2, -0.15) is 0 Å². The minimum atomic E-state index is -0.936. The molecule has 0 heterocycles. The lowest BCUT2D eigenvalue weighted by molar-refractivity contribution is -0.385. The molecular formula is C13H8BrFN2O3. The minimum Gasteiger partial charge on any atom is -0.322 e. The Morgan fingerprint density at radius 2 is 1.85 bits per heavy atom. The fraction of sp³-hybridized carbons (Fsp3) is 0. The number of non-ortho nitro benzene ring substituents is 1. The van der Waals surface area contributed by atoms with E-state index in [4.69, 9.17) is 0 Å². The summed E-state index contributed by atoms with van der Waals surface area (Å²) in [4.78, 5) is 21.6.